The molecule has 6 rings (SSSR count). The monoisotopic (exact) mass is 509 g/mol. The van der Waals surface area contributed by atoms with E-state index >= 15 is 0 Å². The zero-order chi connectivity index (χ0) is 26.2. The van der Waals surface area contributed by atoms with Crippen LogP contribution in [0.5, 0.6) is 11.5 Å². The maximum absolute atomic E-state index is 5.55. The molecule has 0 bridgehead atoms. The van der Waals surface area contributed by atoms with Crippen molar-refractivity contribution in [1.82, 2.24) is 24.0 Å². The van der Waals surface area contributed by atoms with Gasteiger partial charge in [-0.05, 0) is 75.8 Å². The molecular formula is C31H35N5O2. The first kappa shape index (κ1) is 24.5. The summed E-state index contributed by atoms with van der Waals surface area (Å²) in [5.74, 6) is 3.64. The van der Waals surface area contributed by atoms with Gasteiger partial charge in [0, 0.05) is 23.7 Å². The molecule has 38 heavy (non-hydrogen) atoms. The van der Waals surface area contributed by atoms with E-state index in [0.717, 1.165) is 89.7 Å². The normalized spacial score (nSPS) is 14.9. The lowest BCUT2D eigenvalue weighted by Crippen LogP contribution is -2.31. The number of hydrogen-bond donors (Lipinski definition) is 0. The Morgan fingerprint density at radius 2 is 1.39 bits per heavy atom. The molecule has 1 aliphatic heterocycles. The molecule has 3 heterocycles. The third kappa shape index (κ3) is 4.31. The molecular weight excluding hydrogens is 474 g/mol. The molecule has 0 atom stereocenters. The van der Waals surface area contributed by atoms with Crippen LogP contribution in [0.25, 0.3) is 44.8 Å². The van der Waals surface area contributed by atoms with Gasteiger partial charge in [-0.25, -0.2) is 9.97 Å². The predicted molar refractivity (Wildman–Crippen MR) is 153 cm³/mol. The van der Waals surface area contributed by atoms with E-state index in [2.05, 4.69) is 64.4 Å². The SMILES string of the molecule is CCCn1c(-c2cccc(OC)c2)nc2cc3nc(-c4cccc(OC)c4)n(C4CCN(C)CC4)c3cc21. The van der Waals surface area contributed by atoms with Gasteiger partial charge in [-0.3, -0.25) is 0 Å². The van der Waals surface area contributed by atoms with Crippen LogP contribution in [-0.2, 0) is 6.54 Å². The highest BCUT2D eigenvalue weighted by Crippen LogP contribution is 2.37. The number of likely N-dealkylation sites (tertiary alicyclic amines) is 1. The summed E-state index contributed by atoms with van der Waals surface area (Å²) >= 11 is 0. The molecule has 0 amide bonds. The van der Waals surface area contributed by atoms with Crippen molar-refractivity contribution in [3.05, 3.63) is 60.7 Å². The molecule has 7 heteroatoms. The Morgan fingerprint density at radius 3 is 2.03 bits per heavy atom. The Balaban J connectivity index is 1.58. The first-order chi connectivity index (χ1) is 18.6. The van der Waals surface area contributed by atoms with Crippen LogP contribution in [0.4, 0.5) is 0 Å². The number of methoxy groups -OCH3 is 2. The van der Waals surface area contributed by atoms with Crippen LogP contribution >= 0.6 is 0 Å². The average molecular weight is 510 g/mol. The van der Waals surface area contributed by atoms with Gasteiger partial charge in [0.15, 0.2) is 0 Å². The minimum absolute atomic E-state index is 0.384. The minimum Gasteiger partial charge on any atom is -0.497 e. The Morgan fingerprint density at radius 1 is 0.789 bits per heavy atom. The van der Waals surface area contributed by atoms with Crippen molar-refractivity contribution in [3.63, 3.8) is 0 Å². The molecule has 2 aromatic heterocycles. The van der Waals surface area contributed by atoms with Crippen molar-refractivity contribution in [2.75, 3.05) is 34.4 Å². The molecule has 0 spiro atoms. The largest absolute Gasteiger partial charge is 0.497 e. The number of aromatic nitrogens is 4. The second kappa shape index (κ2) is 10.1. The van der Waals surface area contributed by atoms with Crippen LogP contribution in [0.15, 0.2) is 60.7 Å². The number of fused-ring (bicyclic) bond motifs is 2. The summed E-state index contributed by atoms with van der Waals surface area (Å²) in [5, 5.41) is 0. The topological polar surface area (TPSA) is 57.3 Å². The second-order valence-electron chi connectivity index (χ2n) is 10.2. The fourth-order valence-electron chi connectivity index (χ4n) is 5.73. The van der Waals surface area contributed by atoms with Gasteiger partial charge >= 0.3 is 0 Å². The van der Waals surface area contributed by atoms with Crippen molar-refractivity contribution in [2.24, 2.45) is 0 Å². The summed E-state index contributed by atoms with van der Waals surface area (Å²) in [5.41, 5.74) is 6.39. The van der Waals surface area contributed by atoms with Gasteiger partial charge in [0.2, 0.25) is 0 Å². The fraction of sp³-hybridized carbons (Fsp3) is 0.355. The molecule has 196 valence electrons. The van der Waals surface area contributed by atoms with Crippen LogP contribution in [0, 0.1) is 0 Å². The number of ether oxygens (including phenoxy) is 2. The summed E-state index contributed by atoms with van der Waals surface area (Å²) in [4.78, 5) is 12.7. The van der Waals surface area contributed by atoms with E-state index < -0.39 is 0 Å². The summed E-state index contributed by atoms with van der Waals surface area (Å²) in [6.45, 7) is 5.26. The van der Waals surface area contributed by atoms with E-state index in [-0.39, 0.29) is 0 Å². The molecule has 0 saturated carbocycles. The van der Waals surface area contributed by atoms with Crippen molar-refractivity contribution < 1.29 is 9.47 Å². The number of benzene rings is 3. The van der Waals surface area contributed by atoms with Crippen LogP contribution in [-0.4, -0.2) is 58.4 Å². The second-order valence-corrected chi connectivity index (χ2v) is 10.2. The molecule has 0 radical (unpaired) electrons. The van der Waals surface area contributed by atoms with Crippen LogP contribution in [0.1, 0.15) is 32.2 Å². The minimum atomic E-state index is 0.384. The fourth-order valence-corrected chi connectivity index (χ4v) is 5.73. The van der Waals surface area contributed by atoms with E-state index in [1.165, 1.54) is 5.52 Å². The lowest BCUT2D eigenvalue weighted by atomic mass is 10.0. The number of piperidine rings is 1. The maximum Gasteiger partial charge on any atom is 0.141 e. The van der Waals surface area contributed by atoms with E-state index in [1.807, 2.05) is 24.3 Å². The summed E-state index contributed by atoms with van der Waals surface area (Å²) < 4.78 is 15.9. The summed E-state index contributed by atoms with van der Waals surface area (Å²) in [6, 6.07) is 21.3. The molecule has 3 aromatic carbocycles. The molecule has 0 N–H and O–H groups in total. The van der Waals surface area contributed by atoms with Crippen LogP contribution in [0.3, 0.4) is 0 Å². The average Bonchev–Trinajstić information content (AvgIpc) is 3.50. The highest BCUT2D eigenvalue weighted by molar-refractivity contribution is 5.95. The third-order valence-corrected chi connectivity index (χ3v) is 7.71. The van der Waals surface area contributed by atoms with Gasteiger partial charge in [0.1, 0.15) is 23.1 Å². The van der Waals surface area contributed by atoms with Crippen molar-refractivity contribution in [2.45, 2.75) is 38.8 Å². The molecule has 5 aromatic rings. The van der Waals surface area contributed by atoms with Gasteiger partial charge in [-0.15, -0.1) is 0 Å². The Bertz CT molecular complexity index is 1590. The van der Waals surface area contributed by atoms with E-state index in [1.54, 1.807) is 14.2 Å². The zero-order valence-corrected chi connectivity index (χ0v) is 22.6. The van der Waals surface area contributed by atoms with Gasteiger partial charge in [-0.2, -0.15) is 0 Å². The quantitative estimate of drug-likeness (QED) is 0.254. The van der Waals surface area contributed by atoms with Crippen LogP contribution < -0.4 is 9.47 Å². The number of imidazole rings is 2. The first-order valence-electron chi connectivity index (χ1n) is 13.5. The highest BCUT2D eigenvalue weighted by atomic mass is 16.5. The first-order valence-corrected chi connectivity index (χ1v) is 13.5. The Labute approximate surface area is 223 Å². The van der Waals surface area contributed by atoms with Gasteiger partial charge in [0.25, 0.3) is 0 Å². The maximum atomic E-state index is 5.55. The Hall–Kier alpha value is -3.84. The van der Waals surface area contributed by atoms with Crippen molar-refractivity contribution in [3.8, 4) is 34.3 Å². The van der Waals surface area contributed by atoms with E-state index in [4.69, 9.17) is 19.4 Å². The van der Waals surface area contributed by atoms with Gasteiger partial charge < -0.3 is 23.5 Å². The number of aryl methyl sites for hydroxylation is 1. The Kier molecular flexibility index (Phi) is 6.54. The number of hydrogen-bond acceptors (Lipinski definition) is 5. The molecule has 7 nitrogen and oxygen atoms in total. The molecule has 1 aliphatic rings. The van der Waals surface area contributed by atoms with Gasteiger partial charge in [0.05, 0.1) is 36.3 Å². The van der Waals surface area contributed by atoms with Crippen molar-refractivity contribution >= 4 is 22.1 Å². The molecule has 1 saturated heterocycles. The van der Waals surface area contributed by atoms with Crippen LogP contribution in [0.2, 0.25) is 0 Å². The van der Waals surface area contributed by atoms with E-state index in [0.29, 0.717) is 6.04 Å². The van der Waals surface area contributed by atoms with Gasteiger partial charge in [-0.1, -0.05) is 31.2 Å². The number of rotatable bonds is 7. The van der Waals surface area contributed by atoms with E-state index in [9.17, 15) is 0 Å². The zero-order valence-electron chi connectivity index (χ0n) is 22.6. The highest BCUT2D eigenvalue weighted by Gasteiger charge is 2.25. The number of nitrogens with zero attached hydrogens (tertiary/aromatic N) is 5. The standard InChI is InChI=1S/C31H35N5O2/c1-5-14-35-28-20-29-27(19-26(28)32-30(35)21-8-6-10-24(17-21)37-3)33-31(22-9-7-11-25(18-22)38-4)36(29)23-12-15-34(2)16-13-23/h6-11,17-20,23H,5,12-16H2,1-4H3. The lowest BCUT2D eigenvalue weighted by Gasteiger charge is -2.31. The summed E-state index contributed by atoms with van der Waals surface area (Å²) in [6.07, 6.45) is 3.21. The third-order valence-electron chi connectivity index (χ3n) is 7.71. The summed E-state index contributed by atoms with van der Waals surface area (Å²) in [7, 11) is 5.62. The predicted octanol–water partition coefficient (Wildman–Crippen LogP) is 6.41. The smallest absolute Gasteiger partial charge is 0.141 e. The molecule has 0 unspecified atom stereocenters. The molecule has 0 aliphatic carbocycles. The molecule has 1 fully saturated rings. The lowest BCUT2D eigenvalue weighted by molar-refractivity contribution is 0.224. The van der Waals surface area contributed by atoms with Crippen molar-refractivity contribution in [1.29, 1.82) is 0 Å².